The van der Waals surface area contributed by atoms with Crippen molar-refractivity contribution in [3.8, 4) is 11.5 Å². The first-order valence-corrected chi connectivity index (χ1v) is 12.2. The molecule has 1 aliphatic rings. The zero-order valence-electron chi connectivity index (χ0n) is 19.5. The fraction of sp³-hybridized carbons (Fsp3) is 0.192. The number of amides is 2. The van der Waals surface area contributed by atoms with E-state index in [2.05, 4.69) is 10.3 Å². The summed E-state index contributed by atoms with van der Waals surface area (Å²) in [5, 5.41) is 2.91. The molecule has 0 aromatic heterocycles. The van der Waals surface area contributed by atoms with Crippen LogP contribution in [0.15, 0.2) is 71.7 Å². The van der Waals surface area contributed by atoms with Crippen molar-refractivity contribution in [3.05, 3.63) is 83.1 Å². The van der Waals surface area contributed by atoms with Gasteiger partial charge in [0.25, 0.3) is 0 Å². The molecule has 0 saturated carbocycles. The molecule has 0 radical (unpaired) electrons. The van der Waals surface area contributed by atoms with Gasteiger partial charge in [-0.1, -0.05) is 35.5 Å². The van der Waals surface area contributed by atoms with Gasteiger partial charge in [0.1, 0.15) is 11.1 Å². The topological polar surface area (TPSA) is 80.2 Å². The Bertz CT molecular complexity index is 1300. The molecule has 1 fully saturated rings. The van der Waals surface area contributed by atoms with E-state index in [4.69, 9.17) is 21.1 Å². The molecule has 4 rings (SSSR count). The Morgan fingerprint density at radius 1 is 1.11 bits per heavy atom. The van der Waals surface area contributed by atoms with Crippen LogP contribution < -0.4 is 14.8 Å². The van der Waals surface area contributed by atoms with Crippen molar-refractivity contribution in [2.75, 3.05) is 19.5 Å². The number of rotatable bonds is 7. The Kier molecular flexibility index (Phi) is 8.12. The Labute approximate surface area is 217 Å². The van der Waals surface area contributed by atoms with E-state index in [1.165, 1.54) is 48.0 Å². The summed E-state index contributed by atoms with van der Waals surface area (Å²) in [5.41, 5.74) is 1.78. The first-order chi connectivity index (χ1) is 17.4. The third-order valence-electron chi connectivity index (χ3n) is 5.36. The standard InChI is InChI=1S/C26H23ClFN3O4S/c1-34-21-11-6-16(12-22(21)35-2)15-31-24(32)14-23(25(33)29-20-5-3-4-17(27)13-20)36-26(31)30-19-9-7-18(28)8-10-19/h3-13,23H,14-15H2,1-2H3,(H,29,33). The molecule has 10 heteroatoms. The number of hydrogen-bond donors (Lipinski definition) is 1. The second kappa shape index (κ2) is 11.5. The lowest BCUT2D eigenvalue weighted by molar-refractivity contribution is -0.129. The van der Waals surface area contributed by atoms with Crippen molar-refractivity contribution >= 4 is 51.7 Å². The van der Waals surface area contributed by atoms with Crippen LogP contribution in [0.3, 0.4) is 0 Å². The lowest BCUT2D eigenvalue weighted by atomic mass is 10.1. The summed E-state index contributed by atoms with van der Waals surface area (Å²) in [5.74, 6) is 0.0950. The summed E-state index contributed by atoms with van der Waals surface area (Å²) in [6.07, 6.45) is -0.0210. The fourth-order valence-electron chi connectivity index (χ4n) is 3.57. The largest absolute Gasteiger partial charge is 0.493 e. The van der Waals surface area contributed by atoms with E-state index in [9.17, 15) is 14.0 Å². The van der Waals surface area contributed by atoms with Gasteiger partial charge in [-0.2, -0.15) is 0 Å². The van der Waals surface area contributed by atoms with Gasteiger partial charge in [0.2, 0.25) is 11.8 Å². The zero-order valence-corrected chi connectivity index (χ0v) is 21.1. The number of nitrogens with zero attached hydrogens (tertiary/aromatic N) is 2. The molecule has 0 spiro atoms. The van der Waals surface area contributed by atoms with Crippen molar-refractivity contribution in [2.45, 2.75) is 18.2 Å². The molecule has 1 heterocycles. The lowest BCUT2D eigenvalue weighted by Gasteiger charge is -2.32. The van der Waals surface area contributed by atoms with E-state index < -0.39 is 11.1 Å². The van der Waals surface area contributed by atoms with Crippen molar-refractivity contribution < 1.29 is 23.5 Å². The molecule has 1 aliphatic heterocycles. The fourth-order valence-corrected chi connectivity index (χ4v) is 4.86. The maximum atomic E-state index is 13.4. The summed E-state index contributed by atoms with van der Waals surface area (Å²) in [4.78, 5) is 32.4. The predicted molar refractivity (Wildman–Crippen MR) is 140 cm³/mol. The van der Waals surface area contributed by atoms with Crippen LogP contribution in [0.5, 0.6) is 11.5 Å². The minimum Gasteiger partial charge on any atom is -0.493 e. The SMILES string of the molecule is COc1ccc(CN2C(=O)CC(C(=O)Nc3cccc(Cl)c3)SC2=Nc2ccc(F)cc2)cc1OC. The molecule has 1 saturated heterocycles. The van der Waals surface area contributed by atoms with Gasteiger partial charge in [-0.15, -0.1) is 0 Å². The van der Waals surface area contributed by atoms with E-state index in [0.717, 1.165) is 5.56 Å². The molecule has 7 nitrogen and oxygen atoms in total. The monoisotopic (exact) mass is 527 g/mol. The number of halogens is 2. The van der Waals surface area contributed by atoms with Crippen LogP contribution >= 0.6 is 23.4 Å². The normalized spacial score (nSPS) is 16.7. The highest BCUT2D eigenvalue weighted by atomic mass is 35.5. The molecule has 3 aromatic carbocycles. The van der Waals surface area contributed by atoms with E-state index >= 15 is 0 Å². The maximum absolute atomic E-state index is 13.4. The molecule has 1 atom stereocenters. The highest BCUT2D eigenvalue weighted by Gasteiger charge is 2.36. The van der Waals surface area contributed by atoms with Crippen LogP contribution in [-0.2, 0) is 16.1 Å². The molecular weight excluding hydrogens is 505 g/mol. The second-order valence-corrected chi connectivity index (χ2v) is 9.46. The van der Waals surface area contributed by atoms with Gasteiger partial charge in [-0.25, -0.2) is 9.38 Å². The third-order valence-corrected chi connectivity index (χ3v) is 6.79. The molecule has 1 unspecified atom stereocenters. The molecule has 1 N–H and O–H groups in total. The number of thioether (sulfide) groups is 1. The quantitative estimate of drug-likeness (QED) is 0.429. The number of methoxy groups -OCH3 is 2. The number of hydrogen-bond acceptors (Lipinski definition) is 6. The predicted octanol–water partition coefficient (Wildman–Crippen LogP) is 5.66. The number of amidine groups is 1. The summed E-state index contributed by atoms with van der Waals surface area (Å²) >= 11 is 7.19. The molecule has 0 aliphatic carbocycles. The maximum Gasteiger partial charge on any atom is 0.238 e. The van der Waals surface area contributed by atoms with Crippen LogP contribution in [0, 0.1) is 5.82 Å². The highest BCUT2D eigenvalue weighted by Crippen LogP contribution is 2.33. The molecule has 0 bridgehead atoms. The average molecular weight is 528 g/mol. The van der Waals surface area contributed by atoms with Crippen LogP contribution in [0.4, 0.5) is 15.8 Å². The third kappa shape index (κ3) is 6.16. The van der Waals surface area contributed by atoms with Gasteiger partial charge in [0.15, 0.2) is 16.7 Å². The summed E-state index contributed by atoms with van der Waals surface area (Å²) in [6, 6.07) is 17.7. The Morgan fingerprint density at radius 3 is 2.56 bits per heavy atom. The van der Waals surface area contributed by atoms with Crippen molar-refractivity contribution in [2.24, 2.45) is 4.99 Å². The molecular formula is C26H23ClFN3O4S. The van der Waals surface area contributed by atoms with Gasteiger partial charge < -0.3 is 14.8 Å². The Balaban J connectivity index is 1.61. The van der Waals surface area contributed by atoms with Crippen molar-refractivity contribution in [1.82, 2.24) is 4.90 Å². The van der Waals surface area contributed by atoms with E-state index in [0.29, 0.717) is 33.1 Å². The van der Waals surface area contributed by atoms with Crippen molar-refractivity contribution in [3.63, 3.8) is 0 Å². The first-order valence-electron chi connectivity index (χ1n) is 10.9. The smallest absolute Gasteiger partial charge is 0.238 e. The molecule has 186 valence electrons. The van der Waals surface area contributed by atoms with E-state index in [1.54, 1.807) is 43.5 Å². The van der Waals surface area contributed by atoms with Gasteiger partial charge in [0.05, 0.1) is 26.5 Å². The minimum absolute atomic E-state index is 0.0210. The number of ether oxygens (including phenoxy) is 2. The highest BCUT2D eigenvalue weighted by molar-refractivity contribution is 8.15. The number of anilines is 1. The van der Waals surface area contributed by atoms with Crippen LogP contribution in [0.25, 0.3) is 0 Å². The van der Waals surface area contributed by atoms with E-state index in [-0.39, 0.29) is 24.8 Å². The summed E-state index contributed by atoms with van der Waals surface area (Å²) < 4.78 is 24.1. The van der Waals surface area contributed by atoms with Gasteiger partial charge in [-0.3, -0.25) is 14.5 Å². The van der Waals surface area contributed by atoms with Crippen LogP contribution in [-0.4, -0.2) is 41.4 Å². The van der Waals surface area contributed by atoms with Gasteiger partial charge in [-0.05, 0) is 60.2 Å². The van der Waals surface area contributed by atoms with E-state index in [1.807, 2.05) is 6.07 Å². The van der Waals surface area contributed by atoms with Crippen molar-refractivity contribution in [1.29, 1.82) is 0 Å². The minimum atomic E-state index is -0.711. The summed E-state index contributed by atoms with van der Waals surface area (Å²) in [7, 11) is 3.08. The van der Waals surface area contributed by atoms with Gasteiger partial charge >= 0.3 is 0 Å². The number of carbonyl (C=O) groups is 2. The Hall–Kier alpha value is -3.56. The number of aliphatic imine (C=N–C) groups is 1. The number of benzene rings is 3. The number of carbonyl (C=O) groups excluding carboxylic acids is 2. The van der Waals surface area contributed by atoms with Gasteiger partial charge in [0, 0.05) is 17.1 Å². The zero-order chi connectivity index (χ0) is 25.7. The lowest BCUT2D eigenvalue weighted by Crippen LogP contribution is -2.44. The van der Waals surface area contributed by atoms with Crippen LogP contribution in [0.1, 0.15) is 12.0 Å². The van der Waals surface area contributed by atoms with Crippen LogP contribution in [0.2, 0.25) is 5.02 Å². The summed E-state index contributed by atoms with van der Waals surface area (Å²) in [6.45, 7) is 0.203. The Morgan fingerprint density at radius 2 is 1.86 bits per heavy atom. The molecule has 2 amide bonds. The number of nitrogens with one attached hydrogen (secondary N) is 1. The second-order valence-electron chi connectivity index (χ2n) is 7.85. The first kappa shape index (κ1) is 25.5. The molecule has 3 aromatic rings. The average Bonchev–Trinajstić information content (AvgIpc) is 2.87. The molecule has 36 heavy (non-hydrogen) atoms.